The molecular weight excluding hydrogens is 462 g/mol. The van der Waals surface area contributed by atoms with E-state index in [1.54, 1.807) is 7.11 Å². The Bertz CT molecular complexity index is 1030. The van der Waals surface area contributed by atoms with E-state index < -0.39 is 0 Å². The van der Waals surface area contributed by atoms with Gasteiger partial charge >= 0.3 is 0 Å². The molecule has 0 aliphatic rings. The quantitative estimate of drug-likeness (QED) is 0.293. The Morgan fingerprint density at radius 3 is 2.96 bits per heavy atom. The predicted molar refractivity (Wildman–Crippen MR) is 119 cm³/mol. The lowest BCUT2D eigenvalue weighted by atomic mass is 10.1. The summed E-state index contributed by atoms with van der Waals surface area (Å²) in [6, 6.07) is 15.4. The highest BCUT2D eigenvalue weighted by Gasteiger charge is 2.05. The number of hydrazone groups is 1. The minimum atomic E-state index is -0.175. The monoisotopic (exact) mass is 477 g/mol. The van der Waals surface area contributed by atoms with Crippen LogP contribution in [-0.4, -0.2) is 30.0 Å². The van der Waals surface area contributed by atoms with Gasteiger partial charge in [-0.3, -0.25) is 4.79 Å². The minimum Gasteiger partial charge on any atom is -0.497 e. The first-order chi connectivity index (χ1) is 13.5. The fourth-order valence-electron chi connectivity index (χ4n) is 2.45. The molecule has 1 amide bonds. The number of benzene rings is 2. The van der Waals surface area contributed by atoms with Crippen LogP contribution in [0, 0.1) is 0 Å². The number of pyridine rings is 1. The maximum Gasteiger partial charge on any atom is 0.250 e. The number of carbonyl (C=O) groups excluding carboxylic acids is 1. The third kappa shape index (κ3) is 5.70. The zero-order valence-electron chi connectivity index (χ0n) is 15.0. The van der Waals surface area contributed by atoms with E-state index in [0.29, 0.717) is 22.2 Å². The van der Waals surface area contributed by atoms with Crippen molar-refractivity contribution in [2.75, 3.05) is 12.9 Å². The molecule has 8 heteroatoms. The molecule has 0 aliphatic heterocycles. The summed E-state index contributed by atoms with van der Waals surface area (Å²) in [4.78, 5) is 16.3. The van der Waals surface area contributed by atoms with Crippen LogP contribution in [0.1, 0.15) is 11.1 Å². The molecule has 0 fully saturated rings. The molecule has 0 bridgehead atoms. The molecule has 28 heavy (non-hydrogen) atoms. The number of nitrogens with one attached hydrogen (secondary N) is 1. The Hall–Kier alpha value is -2.09. The van der Waals surface area contributed by atoms with E-state index in [2.05, 4.69) is 31.4 Å². The van der Waals surface area contributed by atoms with Crippen molar-refractivity contribution in [2.24, 2.45) is 5.10 Å². The van der Waals surface area contributed by atoms with Gasteiger partial charge in [-0.2, -0.15) is 5.10 Å². The number of thioether (sulfide) groups is 1. The highest BCUT2D eigenvalue weighted by Crippen LogP contribution is 2.23. The summed E-state index contributed by atoms with van der Waals surface area (Å²) in [5.74, 6) is 1.60. The van der Waals surface area contributed by atoms with Crippen LogP contribution < -0.4 is 10.2 Å². The van der Waals surface area contributed by atoms with Gasteiger partial charge in [0.15, 0.2) is 0 Å². The Balaban J connectivity index is 1.54. The van der Waals surface area contributed by atoms with Gasteiger partial charge in [-0.05, 0) is 35.9 Å². The van der Waals surface area contributed by atoms with Gasteiger partial charge in [0, 0.05) is 27.2 Å². The van der Waals surface area contributed by atoms with Gasteiger partial charge in [-0.1, -0.05) is 39.7 Å². The normalized spacial score (nSPS) is 11.1. The molecule has 0 aliphatic carbocycles. The van der Waals surface area contributed by atoms with Gasteiger partial charge in [-0.15, -0.1) is 11.8 Å². The molecule has 1 heterocycles. The lowest BCUT2D eigenvalue weighted by molar-refractivity contribution is -0.118. The fourth-order valence-corrected chi connectivity index (χ4v) is 3.86. The van der Waals surface area contributed by atoms with E-state index >= 15 is 0 Å². The number of methoxy groups -OCH3 is 1. The second-order valence-corrected chi connectivity index (χ2v) is 8.10. The van der Waals surface area contributed by atoms with Crippen molar-refractivity contribution in [1.82, 2.24) is 10.4 Å². The van der Waals surface area contributed by atoms with Crippen LogP contribution in [0.15, 0.2) is 58.1 Å². The van der Waals surface area contributed by atoms with Gasteiger partial charge in [0.25, 0.3) is 0 Å². The number of hydrogen-bond donors (Lipinski definition) is 1. The van der Waals surface area contributed by atoms with E-state index in [0.717, 1.165) is 26.7 Å². The number of carbonyl (C=O) groups is 1. The van der Waals surface area contributed by atoms with Crippen LogP contribution in [-0.2, 0) is 10.5 Å². The Morgan fingerprint density at radius 2 is 2.18 bits per heavy atom. The van der Waals surface area contributed by atoms with Crippen LogP contribution in [0.4, 0.5) is 0 Å². The third-order valence-corrected chi connectivity index (χ3v) is 5.59. The van der Waals surface area contributed by atoms with Crippen LogP contribution in [0.25, 0.3) is 10.9 Å². The van der Waals surface area contributed by atoms with Crippen LogP contribution >= 0.6 is 39.3 Å². The smallest absolute Gasteiger partial charge is 0.250 e. The van der Waals surface area contributed by atoms with Crippen molar-refractivity contribution < 1.29 is 9.53 Å². The molecule has 0 unspecified atom stereocenters. The summed E-state index contributed by atoms with van der Waals surface area (Å²) in [5.41, 5.74) is 5.03. The number of halogens is 2. The number of nitrogens with zero attached hydrogens (tertiary/aromatic N) is 2. The number of fused-ring (bicyclic) bond motifs is 1. The predicted octanol–water partition coefficient (Wildman–Crippen LogP) is 5.04. The Kier molecular flexibility index (Phi) is 7.30. The van der Waals surface area contributed by atoms with E-state index in [-0.39, 0.29) is 5.91 Å². The molecule has 1 N–H and O–H groups in total. The molecular formula is C20H17BrClN3O2S. The second kappa shape index (κ2) is 9.91. The molecule has 0 saturated heterocycles. The highest BCUT2D eigenvalue weighted by atomic mass is 79.9. The van der Waals surface area contributed by atoms with Crippen LogP contribution in [0.3, 0.4) is 0 Å². The zero-order chi connectivity index (χ0) is 19.9. The number of hydrogen-bond acceptors (Lipinski definition) is 5. The molecule has 0 atom stereocenters. The topological polar surface area (TPSA) is 63.6 Å². The largest absolute Gasteiger partial charge is 0.497 e. The standard InChI is InChI=1S/C20H17BrClN3O2S/c1-27-17-6-5-14-8-15(20(22)24-18(14)9-17)10-23-25-19(26)12-28-11-13-3-2-4-16(21)7-13/h2-10H,11-12H2,1H3,(H,25,26)/b23-10-. The molecule has 1 aromatic heterocycles. The van der Waals surface area contributed by atoms with Gasteiger partial charge < -0.3 is 4.74 Å². The summed E-state index contributed by atoms with van der Waals surface area (Å²) >= 11 is 11.2. The summed E-state index contributed by atoms with van der Waals surface area (Å²) in [6.07, 6.45) is 1.50. The lowest BCUT2D eigenvalue weighted by Crippen LogP contribution is -2.19. The number of amides is 1. The molecule has 0 saturated carbocycles. The number of aromatic nitrogens is 1. The summed E-state index contributed by atoms with van der Waals surface area (Å²) in [7, 11) is 1.60. The molecule has 0 spiro atoms. The Morgan fingerprint density at radius 1 is 1.32 bits per heavy atom. The fraction of sp³-hybridized carbons (Fsp3) is 0.150. The van der Waals surface area contributed by atoms with Gasteiger partial charge in [0.05, 0.1) is 24.6 Å². The van der Waals surface area contributed by atoms with Crippen molar-refractivity contribution in [1.29, 1.82) is 0 Å². The first-order valence-corrected chi connectivity index (χ1v) is 10.7. The van der Waals surface area contributed by atoms with Gasteiger partial charge in [-0.25, -0.2) is 10.4 Å². The van der Waals surface area contributed by atoms with Crippen molar-refractivity contribution in [3.05, 3.63) is 69.3 Å². The third-order valence-electron chi connectivity index (χ3n) is 3.79. The first kappa shape index (κ1) is 20.6. The molecule has 3 aromatic rings. The highest BCUT2D eigenvalue weighted by molar-refractivity contribution is 9.10. The minimum absolute atomic E-state index is 0.175. The molecule has 144 valence electrons. The van der Waals surface area contributed by atoms with Gasteiger partial charge in [0.2, 0.25) is 5.91 Å². The van der Waals surface area contributed by atoms with Gasteiger partial charge in [0.1, 0.15) is 10.9 Å². The molecule has 0 radical (unpaired) electrons. The summed E-state index contributed by atoms with van der Waals surface area (Å²) < 4.78 is 6.22. The molecule has 5 nitrogen and oxygen atoms in total. The number of ether oxygens (including phenoxy) is 1. The lowest BCUT2D eigenvalue weighted by Gasteiger charge is -2.05. The average molecular weight is 479 g/mol. The van der Waals surface area contributed by atoms with Crippen molar-refractivity contribution in [2.45, 2.75) is 5.75 Å². The molecule has 3 rings (SSSR count). The van der Waals surface area contributed by atoms with Crippen LogP contribution in [0.5, 0.6) is 5.75 Å². The van der Waals surface area contributed by atoms with E-state index in [4.69, 9.17) is 16.3 Å². The van der Waals surface area contributed by atoms with Crippen LogP contribution in [0.2, 0.25) is 5.15 Å². The maximum absolute atomic E-state index is 11.9. The summed E-state index contributed by atoms with van der Waals surface area (Å²) in [5, 5.41) is 5.20. The zero-order valence-corrected chi connectivity index (χ0v) is 18.1. The first-order valence-electron chi connectivity index (χ1n) is 8.33. The molecule has 2 aromatic carbocycles. The number of rotatable bonds is 7. The van der Waals surface area contributed by atoms with Crippen molar-refractivity contribution >= 4 is 62.3 Å². The Labute approximate surface area is 180 Å². The van der Waals surface area contributed by atoms with Crippen molar-refractivity contribution in [3.8, 4) is 5.75 Å². The van der Waals surface area contributed by atoms with Crippen molar-refractivity contribution in [3.63, 3.8) is 0 Å². The van der Waals surface area contributed by atoms with E-state index in [9.17, 15) is 4.79 Å². The van der Waals surface area contributed by atoms with E-state index in [1.807, 2.05) is 48.5 Å². The average Bonchev–Trinajstić information content (AvgIpc) is 2.68. The maximum atomic E-state index is 11.9. The van der Waals surface area contributed by atoms with E-state index in [1.165, 1.54) is 18.0 Å². The SMILES string of the molecule is COc1ccc2cc(/C=N\NC(=O)CSCc3cccc(Br)c3)c(Cl)nc2c1. The summed E-state index contributed by atoms with van der Waals surface area (Å²) in [6.45, 7) is 0. The second-order valence-electron chi connectivity index (χ2n) is 5.84.